The van der Waals surface area contributed by atoms with Gasteiger partial charge in [-0.05, 0) is 43.2 Å². The summed E-state index contributed by atoms with van der Waals surface area (Å²) >= 11 is 0. The molecular formula is C23H23NO4. The molecule has 1 aliphatic carbocycles. The van der Waals surface area contributed by atoms with Crippen LogP contribution in [0.25, 0.3) is 0 Å². The maximum Gasteiger partial charge on any atom is 0.306 e. The maximum atomic E-state index is 12.9. The SMILES string of the molecule is O=C(c1ccccc1)c1cccc(C(=O)N2CCC3(CC2)CC(C(=O)O)C3)c1. The second-order valence-corrected chi connectivity index (χ2v) is 8.01. The Morgan fingerprint density at radius 1 is 0.857 bits per heavy atom. The predicted molar refractivity (Wildman–Crippen MR) is 104 cm³/mol. The smallest absolute Gasteiger partial charge is 0.306 e. The molecule has 1 spiro atoms. The van der Waals surface area contributed by atoms with E-state index in [4.69, 9.17) is 5.11 Å². The van der Waals surface area contributed by atoms with Crippen LogP contribution in [0.2, 0.25) is 0 Å². The van der Waals surface area contributed by atoms with E-state index in [0.29, 0.717) is 29.8 Å². The standard InChI is InChI=1S/C23H23NO4/c25-20(16-5-2-1-3-6-16)17-7-4-8-18(13-17)21(26)24-11-9-23(10-12-24)14-19(15-23)22(27)28/h1-8,13,19H,9-12,14-15H2,(H,27,28). The number of likely N-dealkylation sites (tertiary alicyclic amines) is 1. The quantitative estimate of drug-likeness (QED) is 0.826. The monoisotopic (exact) mass is 377 g/mol. The molecule has 0 atom stereocenters. The van der Waals surface area contributed by atoms with Crippen LogP contribution in [0.3, 0.4) is 0 Å². The Hall–Kier alpha value is -2.95. The van der Waals surface area contributed by atoms with Gasteiger partial charge in [0.15, 0.2) is 5.78 Å². The molecule has 1 heterocycles. The molecule has 28 heavy (non-hydrogen) atoms. The van der Waals surface area contributed by atoms with Crippen LogP contribution in [0.4, 0.5) is 0 Å². The molecule has 1 saturated carbocycles. The highest BCUT2D eigenvalue weighted by atomic mass is 16.4. The summed E-state index contributed by atoms with van der Waals surface area (Å²) in [6.07, 6.45) is 3.16. The number of hydrogen-bond acceptors (Lipinski definition) is 3. The molecule has 0 radical (unpaired) electrons. The fourth-order valence-corrected chi connectivity index (χ4v) is 4.48. The Labute approximate surface area is 164 Å². The highest BCUT2D eigenvalue weighted by Crippen LogP contribution is 2.52. The van der Waals surface area contributed by atoms with Gasteiger partial charge in [0.1, 0.15) is 0 Å². The van der Waals surface area contributed by atoms with Gasteiger partial charge in [-0.3, -0.25) is 14.4 Å². The lowest BCUT2D eigenvalue weighted by Crippen LogP contribution is -2.50. The first-order chi connectivity index (χ1) is 13.5. The van der Waals surface area contributed by atoms with Crippen LogP contribution >= 0.6 is 0 Å². The number of piperidine rings is 1. The van der Waals surface area contributed by atoms with Crippen molar-refractivity contribution in [2.45, 2.75) is 25.7 Å². The molecule has 0 bridgehead atoms. The Morgan fingerprint density at radius 3 is 2.11 bits per heavy atom. The third-order valence-electron chi connectivity index (χ3n) is 6.23. The summed E-state index contributed by atoms with van der Waals surface area (Å²) < 4.78 is 0. The molecule has 1 saturated heterocycles. The fraction of sp³-hybridized carbons (Fsp3) is 0.348. The third kappa shape index (κ3) is 3.44. The van der Waals surface area contributed by atoms with E-state index in [2.05, 4.69) is 0 Å². The van der Waals surface area contributed by atoms with E-state index in [1.807, 2.05) is 23.1 Å². The summed E-state index contributed by atoms with van der Waals surface area (Å²) in [5, 5.41) is 9.10. The van der Waals surface area contributed by atoms with Crippen LogP contribution in [0, 0.1) is 11.3 Å². The summed E-state index contributed by atoms with van der Waals surface area (Å²) in [7, 11) is 0. The Morgan fingerprint density at radius 2 is 1.46 bits per heavy atom. The van der Waals surface area contributed by atoms with Crippen LogP contribution in [0.1, 0.15) is 52.0 Å². The van der Waals surface area contributed by atoms with Crippen LogP contribution in [-0.2, 0) is 4.79 Å². The second-order valence-electron chi connectivity index (χ2n) is 8.01. The Balaban J connectivity index is 1.42. The van der Waals surface area contributed by atoms with Gasteiger partial charge in [-0.25, -0.2) is 0 Å². The van der Waals surface area contributed by atoms with Crippen LogP contribution in [0.15, 0.2) is 54.6 Å². The number of amides is 1. The normalized spacial score (nSPS) is 18.5. The highest BCUT2D eigenvalue weighted by molar-refractivity contribution is 6.10. The first-order valence-electron chi connectivity index (χ1n) is 9.69. The van der Waals surface area contributed by atoms with E-state index in [9.17, 15) is 14.4 Å². The lowest BCUT2D eigenvalue weighted by molar-refractivity contribution is -0.152. The van der Waals surface area contributed by atoms with Crippen molar-refractivity contribution >= 4 is 17.7 Å². The van der Waals surface area contributed by atoms with Gasteiger partial charge >= 0.3 is 5.97 Å². The molecule has 2 fully saturated rings. The summed E-state index contributed by atoms with van der Waals surface area (Å²) in [6, 6.07) is 15.9. The minimum absolute atomic E-state index is 0.0633. The molecule has 5 nitrogen and oxygen atoms in total. The fourth-order valence-electron chi connectivity index (χ4n) is 4.48. The lowest BCUT2D eigenvalue weighted by atomic mass is 9.57. The van der Waals surface area contributed by atoms with Gasteiger partial charge in [-0.1, -0.05) is 42.5 Å². The molecule has 2 aromatic carbocycles. The number of carbonyl (C=O) groups excluding carboxylic acids is 2. The molecule has 4 rings (SSSR count). The Kier molecular flexibility index (Phi) is 4.75. The molecule has 2 aliphatic rings. The van der Waals surface area contributed by atoms with E-state index in [-0.39, 0.29) is 23.0 Å². The second kappa shape index (κ2) is 7.23. The van der Waals surface area contributed by atoms with Gasteiger partial charge in [0.05, 0.1) is 5.92 Å². The minimum atomic E-state index is -0.705. The third-order valence-corrected chi connectivity index (χ3v) is 6.23. The average Bonchev–Trinajstić information content (AvgIpc) is 2.71. The highest BCUT2D eigenvalue weighted by Gasteiger charge is 2.49. The minimum Gasteiger partial charge on any atom is -0.481 e. The van der Waals surface area contributed by atoms with E-state index >= 15 is 0 Å². The van der Waals surface area contributed by atoms with Crippen LogP contribution in [-0.4, -0.2) is 40.8 Å². The molecule has 1 aliphatic heterocycles. The molecule has 5 heteroatoms. The van der Waals surface area contributed by atoms with Gasteiger partial charge in [0.25, 0.3) is 5.91 Å². The number of nitrogens with zero attached hydrogens (tertiary/aromatic N) is 1. The van der Waals surface area contributed by atoms with Crippen molar-refractivity contribution in [1.29, 1.82) is 0 Å². The van der Waals surface area contributed by atoms with E-state index < -0.39 is 5.97 Å². The summed E-state index contributed by atoms with van der Waals surface area (Å²) in [5.41, 5.74) is 1.74. The van der Waals surface area contributed by atoms with Gasteiger partial charge in [-0.2, -0.15) is 0 Å². The first-order valence-corrected chi connectivity index (χ1v) is 9.69. The van der Waals surface area contributed by atoms with Crippen molar-refractivity contribution in [2.75, 3.05) is 13.1 Å². The maximum absolute atomic E-state index is 12.9. The zero-order valence-electron chi connectivity index (χ0n) is 15.6. The molecule has 144 valence electrons. The van der Waals surface area contributed by atoms with Gasteiger partial charge in [0.2, 0.25) is 0 Å². The summed E-state index contributed by atoms with van der Waals surface area (Å²) in [5.74, 6) is -1.08. The molecule has 2 aromatic rings. The van der Waals surface area contributed by atoms with Crippen molar-refractivity contribution in [2.24, 2.45) is 11.3 Å². The van der Waals surface area contributed by atoms with E-state index in [1.165, 1.54) is 0 Å². The molecule has 0 unspecified atom stereocenters. The number of carboxylic acids is 1. The van der Waals surface area contributed by atoms with E-state index in [1.54, 1.807) is 36.4 Å². The van der Waals surface area contributed by atoms with Crippen molar-refractivity contribution in [3.63, 3.8) is 0 Å². The zero-order chi connectivity index (χ0) is 19.7. The average molecular weight is 377 g/mol. The zero-order valence-corrected chi connectivity index (χ0v) is 15.6. The number of ketones is 1. The van der Waals surface area contributed by atoms with Crippen molar-refractivity contribution in [3.05, 3.63) is 71.3 Å². The number of aliphatic carboxylic acids is 1. The van der Waals surface area contributed by atoms with Gasteiger partial charge in [0, 0.05) is 29.8 Å². The topological polar surface area (TPSA) is 74.7 Å². The predicted octanol–water partition coefficient (Wildman–Crippen LogP) is 3.63. The number of hydrogen-bond donors (Lipinski definition) is 1. The van der Waals surface area contributed by atoms with Gasteiger partial charge < -0.3 is 10.0 Å². The number of carboxylic acid groups (broad SMARTS) is 1. The molecular weight excluding hydrogens is 354 g/mol. The summed E-state index contributed by atoms with van der Waals surface area (Å²) in [6.45, 7) is 1.28. The van der Waals surface area contributed by atoms with Crippen LogP contribution in [0.5, 0.6) is 0 Å². The summed E-state index contributed by atoms with van der Waals surface area (Å²) in [4.78, 5) is 38.5. The molecule has 1 amide bonds. The van der Waals surface area contributed by atoms with E-state index in [0.717, 1.165) is 25.7 Å². The van der Waals surface area contributed by atoms with Crippen molar-refractivity contribution in [1.82, 2.24) is 4.90 Å². The largest absolute Gasteiger partial charge is 0.481 e. The molecule has 0 aromatic heterocycles. The van der Waals surface area contributed by atoms with Crippen LogP contribution < -0.4 is 0 Å². The van der Waals surface area contributed by atoms with Gasteiger partial charge in [-0.15, -0.1) is 0 Å². The van der Waals surface area contributed by atoms with Crippen molar-refractivity contribution < 1.29 is 19.5 Å². The Bertz CT molecular complexity index is 905. The number of rotatable bonds is 4. The lowest BCUT2D eigenvalue weighted by Gasteiger charge is -2.50. The molecule has 1 N–H and O–H groups in total. The van der Waals surface area contributed by atoms with Crippen molar-refractivity contribution in [3.8, 4) is 0 Å². The number of benzene rings is 2. The first kappa shape index (κ1) is 18.4. The number of carbonyl (C=O) groups is 3.